The number of ether oxygens (including phenoxy) is 1. The number of H-pyrrole nitrogens is 1. The molecule has 2 aromatic heterocycles. The molecule has 0 saturated heterocycles. The van der Waals surface area contributed by atoms with Gasteiger partial charge in [0.15, 0.2) is 5.82 Å². The smallest absolute Gasteiger partial charge is 0.320 e. The molecular weight excluding hydrogens is 438 g/mol. The Labute approximate surface area is 203 Å². The van der Waals surface area contributed by atoms with Crippen LogP contribution >= 0.6 is 0 Å². The zero-order chi connectivity index (χ0) is 23.5. The second-order valence-corrected chi connectivity index (χ2v) is 8.84. The number of nitrogens with zero attached hydrogens (tertiary/aromatic N) is 3. The molecule has 6 rings (SSSR count). The van der Waals surface area contributed by atoms with Crippen LogP contribution in [0.1, 0.15) is 42.7 Å². The van der Waals surface area contributed by atoms with Gasteiger partial charge >= 0.3 is 6.01 Å². The van der Waals surface area contributed by atoms with E-state index in [1.165, 1.54) is 31.2 Å². The molecule has 7 nitrogen and oxygen atoms in total. The minimum Gasteiger partial charge on any atom is -0.489 e. The number of fused-ring (bicyclic) bond motifs is 1. The molecule has 2 heterocycles. The highest BCUT2D eigenvalue weighted by Crippen LogP contribution is 2.34. The van der Waals surface area contributed by atoms with E-state index in [0.717, 1.165) is 28.0 Å². The summed E-state index contributed by atoms with van der Waals surface area (Å²) in [6, 6.07) is 24.5. The fourth-order valence-corrected chi connectivity index (χ4v) is 4.54. The number of hydrogen-bond acceptors (Lipinski definition) is 6. The average Bonchev–Trinajstić information content (AvgIpc) is 3.55. The first-order valence-corrected chi connectivity index (χ1v) is 12.0. The Morgan fingerprint density at radius 1 is 0.943 bits per heavy atom. The van der Waals surface area contributed by atoms with E-state index in [0.29, 0.717) is 30.3 Å². The van der Waals surface area contributed by atoms with Gasteiger partial charge in [0.25, 0.3) is 5.89 Å². The summed E-state index contributed by atoms with van der Waals surface area (Å²) in [5.74, 6) is 2.27. The van der Waals surface area contributed by atoms with Crippen LogP contribution in [0.25, 0.3) is 22.7 Å². The van der Waals surface area contributed by atoms with Crippen molar-refractivity contribution < 1.29 is 9.15 Å². The van der Waals surface area contributed by atoms with Gasteiger partial charge in [-0.25, -0.2) is 4.98 Å². The van der Waals surface area contributed by atoms with Crippen LogP contribution in [0.5, 0.6) is 5.75 Å². The SMILES string of the molecule is [CH]1CCC(c2ccc3[nH]c(-c4nnc(Nc5cccc(OCc6ccccc6)c5)o4)nc3c2)CC1. The minimum absolute atomic E-state index is 0.291. The van der Waals surface area contributed by atoms with Gasteiger partial charge < -0.3 is 19.5 Å². The molecule has 0 atom stereocenters. The summed E-state index contributed by atoms with van der Waals surface area (Å²) in [5, 5.41) is 11.5. The maximum absolute atomic E-state index is 5.91. The molecule has 7 heteroatoms. The van der Waals surface area contributed by atoms with Gasteiger partial charge in [0.1, 0.15) is 12.4 Å². The van der Waals surface area contributed by atoms with Crippen LogP contribution in [-0.2, 0) is 6.61 Å². The van der Waals surface area contributed by atoms with Crippen LogP contribution in [0.15, 0.2) is 77.2 Å². The van der Waals surface area contributed by atoms with Gasteiger partial charge in [0, 0.05) is 11.8 Å². The van der Waals surface area contributed by atoms with E-state index in [4.69, 9.17) is 14.1 Å². The number of rotatable bonds is 7. The molecule has 2 N–H and O–H groups in total. The van der Waals surface area contributed by atoms with E-state index in [1.54, 1.807) is 0 Å². The lowest BCUT2D eigenvalue weighted by Crippen LogP contribution is -2.04. The van der Waals surface area contributed by atoms with Gasteiger partial charge in [-0.15, -0.1) is 5.10 Å². The van der Waals surface area contributed by atoms with E-state index in [9.17, 15) is 0 Å². The first-order valence-electron chi connectivity index (χ1n) is 12.0. The Morgan fingerprint density at radius 3 is 2.71 bits per heavy atom. The molecule has 1 aliphatic rings. The molecule has 1 fully saturated rings. The monoisotopic (exact) mass is 464 g/mol. The van der Waals surface area contributed by atoms with Crippen molar-refractivity contribution >= 4 is 22.7 Å². The summed E-state index contributed by atoms with van der Waals surface area (Å²) in [6.07, 6.45) is 7.18. The van der Waals surface area contributed by atoms with Crippen LogP contribution in [0.2, 0.25) is 0 Å². The number of nitrogens with one attached hydrogen (secondary N) is 2. The highest BCUT2D eigenvalue weighted by atomic mass is 16.5. The Bertz CT molecular complexity index is 1420. The van der Waals surface area contributed by atoms with Crippen molar-refractivity contribution in [1.29, 1.82) is 0 Å². The van der Waals surface area contributed by atoms with Crippen LogP contribution in [0.4, 0.5) is 11.7 Å². The number of benzene rings is 3. The van der Waals surface area contributed by atoms with Crippen LogP contribution in [0, 0.1) is 6.42 Å². The molecule has 3 aromatic carbocycles. The van der Waals surface area contributed by atoms with E-state index in [-0.39, 0.29) is 0 Å². The third-order valence-electron chi connectivity index (χ3n) is 6.38. The number of anilines is 2. The molecule has 1 saturated carbocycles. The van der Waals surface area contributed by atoms with Crippen molar-refractivity contribution in [3.63, 3.8) is 0 Å². The largest absolute Gasteiger partial charge is 0.489 e. The third-order valence-corrected chi connectivity index (χ3v) is 6.38. The normalized spacial score (nSPS) is 14.3. The predicted molar refractivity (Wildman–Crippen MR) is 135 cm³/mol. The second kappa shape index (κ2) is 9.62. The molecule has 35 heavy (non-hydrogen) atoms. The van der Waals surface area contributed by atoms with E-state index >= 15 is 0 Å². The van der Waals surface area contributed by atoms with Crippen LogP contribution < -0.4 is 10.1 Å². The first-order chi connectivity index (χ1) is 17.3. The van der Waals surface area contributed by atoms with Crippen molar-refractivity contribution in [2.45, 2.75) is 38.2 Å². The van der Waals surface area contributed by atoms with Gasteiger partial charge in [-0.3, -0.25) is 0 Å². The fourth-order valence-electron chi connectivity index (χ4n) is 4.54. The fraction of sp³-hybridized carbons (Fsp3) is 0.214. The molecule has 0 unspecified atom stereocenters. The Morgan fingerprint density at radius 2 is 1.83 bits per heavy atom. The van der Waals surface area contributed by atoms with Crippen LogP contribution in [0.3, 0.4) is 0 Å². The maximum atomic E-state index is 5.91. The Kier molecular flexibility index (Phi) is 5.88. The van der Waals surface area contributed by atoms with Gasteiger partial charge in [0.05, 0.1) is 11.0 Å². The number of imidazole rings is 1. The lowest BCUT2D eigenvalue weighted by atomic mass is 9.84. The van der Waals surface area contributed by atoms with E-state index in [1.807, 2.05) is 54.6 Å². The topological polar surface area (TPSA) is 88.9 Å². The zero-order valence-corrected chi connectivity index (χ0v) is 19.3. The maximum Gasteiger partial charge on any atom is 0.320 e. The van der Waals surface area contributed by atoms with Gasteiger partial charge in [-0.1, -0.05) is 47.6 Å². The first kappa shape index (κ1) is 21.4. The van der Waals surface area contributed by atoms with Gasteiger partial charge in [-0.2, -0.15) is 0 Å². The summed E-state index contributed by atoms with van der Waals surface area (Å²) in [4.78, 5) is 8.02. The van der Waals surface area contributed by atoms with Crippen LogP contribution in [-0.4, -0.2) is 20.2 Å². The number of aromatic nitrogens is 4. The predicted octanol–water partition coefficient (Wildman–Crippen LogP) is 6.80. The Balaban J connectivity index is 1.15. The zero-order valence-electron chi connectivity index (χ0n) is 19.3. The van der Waals surface area contributed by atoms with E-state index in [2.05, 4.69) is 45.1 Å². The molecule has 0 bridgehead atoms. The lowest BCUT2D eigenvalue weighted by Gasteiger charge is -2.21. The summed E-state index contributed by atoms with van der Waals surface area (Å²) in [5.41, 5.74) is 5.14. The van der Waals surface area contributed by atoms with Crippen molar-refractivity contribution in [2.75, 3.05) is 5.32 Å². The highest BCUT2D eigenvalue weighted by Gasteiger charge is 2.18. The third kappa shape index (κ3) is 4.89. The lowest BCUT2D eigenvalue weighted by molar-refractivity contribution is 0.306. The molecular formula is C28H26N5O2. The molecule has 0 amide bonds. The van der Waals surface area contributed by atoms with Gasteiger partial charge in [-0.05, 0) is 73.4 Å². The summed E-state index contributed by atoms with van der Waals surface area (Å²) < 4.78 is 11.8. The standard InChI is InChI=1S/C28H26N5O2/c1-3-8-19(9-4-1)18-34-23-13-7-12-22(17-23)29-28-33-32-27(35-28)26-30-24-15-14-21(16-25(24)31-26)20-10-5-2-6-11-20/h1-4,7-9,12-17,20H,5-6,10-11,18H2,(H,29,33)(H,30,31). The molecule has 5 aromatic rings. The van der Waals surface area contributed by atoms with Crippen molar-refractivity contribution in [3.8, 4) is 17.5 Å². The average molecular weight is 465 g/mol. The molecule has 1 aliphatic carbocycles. The second-order valence-electron chi connectivity index (χ2n) is 8.84. The number of hydrogen-bond donors (Lipinski definition) is 2. The quantitative estimate of drug-likeness (QED) is 0.275. The van der Waals surface area contributed by atoms with E-state index < -0.39 is 0 Å². The molecule has 1 radical (unpaired) electrons. The summed E-state index contributed by atoms with van der Waals surface area (Å²) >= 11 is 0. The number of aromatic amines is 1. The van der Waals surface area contributed by atoms with Crippen molar-refractivity contribution in [2.24, 2.45) is 0 Å². The van der Waals surface area contributed by atoms with Gasteiger partial charge in [0.2, 0.25) is 0 Å². The molecule has 175 valence electrons. The minimum atomic E-state index is 0.291. The summed E-state index contributed by atoms with van der Waals surface area (Å²) in [7, 11) is 0. The Hall–Kier alpha value is -4.13. The molecule has 0 aliphatic heterocycles. The molecule has 0 spiro atoms. The van der Waals surface area contributed by atoms with Crippen molar-refractivity contribution in [1.82, 2.24) is 20.2 Å². The summed E-state index contributed by atoms with van der Waals surface area (Å²) in [6.45, 7) is 0.502. The van der Waals surface area contributed by atoms with Crippen molar-refractivity contribution in [3.05, 3.63) is 90.3 Å². The highest BCUT2D eigenvalue weighted by molar-refractivity contribution is 5.79.